The lowest BCUT2D eigenvalue weighted by Crippen LogP contribution is -2.68. The molecular formula is C18H17N3O2. The molecule has 0 bridgehead atoms. The smallest absolute Gasteiger partial charge is 0.315 e. The molecule has 5 rings (SSSR count). The van der Waals surface area contributed by atoms with Crippen molar-refractivity contribution in [1.29, 1.82) is 0 Å². The van der Waals surface area contributed by atoms with E-state index in [-0.39, 0.29) is 11.6 Å². The average Bonchev–Trinajstić information content (AvgIpc) is 3.09. The van der Waals surface area contributed by atoms with E-state index in [1.807, 2.05) is 18.2 Å². The Labute approximate surface area is 133 Å². The topological polar surface area (TPSA) is 57.5 Å². The molecule has 2 amide bonds. The molecule has 2 aliphatic rings. The summed E-state index contributed by atoms with van der Waals surface area (Å²) in [5.74, 6) is 0. The summed E-state index contributed by atoms with van der Waals surface area (Å²) in [7, 11) is 0. The highest BCUT2D eigenvalue weighted by Gasteiger charge is 2.47. The lowest BCUT2D eigenvalue weighted by Gasteiger charge is -2.47. The fourth-order valence-corrected chi connectivity index (χ4v) is 3.86. The van der Waals surface area contributed by atoms with E-state index >= 15 is 0 Å². The van der Waals surface area contributed by atoms with Crippen molar-refractivity contribution in [2.75, 3.05) is 19.6 Å². The number of amides is 2. The molecule has 1 spiro atoms. The largest absolute Gasteiger partial charge is 0.456 e. The Morgan fingerprint density at radius 3 is 2.74 bits per heavy atom. The average molecular weight is 307 g/mol. The standard InChI is InChI=1S/C18H17N3O2/c22-17-19-9-18(20-17)10-21(11-18)8-12-4-3-6-14-13-5-1-2-7-15(13)23-16(12)14/h1-7H,8-11H2,(H2,19,20,22). The molecule has 2 aromatic carbocycles. The van der Waals surface area contributed by atoms with Crippen LogP contribution in [0.3, 0.4) is 0 Å². The molecule has 0 unspecified atom stereocenters. The number of likely N-dealkylation sites (tertiary alicyclic amines) is 1. The number of nitrogens with one attached hydrogen (secondary N) is 2. The molecule has 116 valence electrons. The van der Waals surface area contributed by atoms with Crippen LogP contribution in [0, 0.1) is 0 Å². The maximum Gasteiger partial charge on any atom is 0.315 e. The predicted molar refractivity (Wildman–Crippen MR) is 88.3 cm³/mol. The maximum atomic E-state index is 11.3. The molecule has 5 heteroatoms. The third kappa shape index (κ3) is 1.93. The van der Waals surface area contributed by atoms with E-state index < -0.39 is 0 Å². The van der Waals surface area contributed by atoms with Crippen molar-refractivity contribution in [2.45, 2.75) is 12.1 Å². The van der Waals surface area contributed by atoms with Gasteiger partial charge in [-0.3, -0.25) is 4.90 Å². The first-order valence-electron chi connectivity index (χ1n) is 7.90. The number of furan rings is 1. The van der Waals surface area contributed by atoms with Crippen molar-refractivity contribution < 1.29 is 9.21 Å². The van der Waals surface area contributed by atoms with Gasteiger partial charge in [-0.05, 0) is 6.07 Å². The van der Waals surface area contributed by atoms with Crippen LogP contribution in [0.15, 0.2) is 46.9 Å². The van der Waals surface area contributed by atoms with Crippen molar-refractivity contribution in [3.8, 4) is 0 Å². The van der Waals surface area contributed by atoms with E-state index in [4.69, 9.17) is 4.42 Å². The summed E-state index contributed by atoms with van der Waals surface area (Å²) >= 11 is 0. The van der Waals surface area contributed by atoms with Gasteiger partial charge < -0.3 is 15.1 Å². The molecule has 0 radical (unpaired) electrons. The van der Waals surface area contributed by atoms with Crippen molar-refractivity contribution >= 4 is 28.0 Å². The minimum Gasteiger partial charge on any atom is -0.456 e. The van der Waals surface area contributed by atoms with Gasteiger partial charge in [-0.1, -0.05) is 36.4 Å². The van der Waals surface area contributed by atoms with Crippen molar-refractivity contribution in [3.63, 3.8) is 0 Å². The van der Waals surface area contributed by atoms with Crippen LogP contribution in [0.1, 0.15) is 5.56 Å². The Morgan fingerprint density at radius 1 is 1.09 bits per heavy atom. The Kier molecular flexibility index (Phi) is 2.53. The first-order valence-corrected chi connectivity index (χ1v) is 7.90. The summed E-state index contributed by atoms with van der Waals surface area (Å²) in [6.45, 7) is 3.32. The molecule has 1 aromatic heterocycles. The van der Waals surface area contributed by atoms with Crippen LogP contribution < -0.4 is 10.6 Å². The quantitative estimate of drug-likeness (QED) is 0.764. The van der Waals surface area contributed by atoms with Crippen LogP contribution >= 0.6 is 0 Å². The van der Waals surface area contributed by atoms with Crippen LogP contribution in [0.25, 0.3) is 21.9 Å². The summed E-state index contributed by atoms with van der Waals surface area (Å²) in [6.07, 6.45) is 0. The molecule has 5 nitrogen and oxygen atoms in total. The molecule has 0 saturated carbocycles. The molecule has 2 fully saturated rings. The number of benzene rings is 2. The molecule has 0 atom stereocenters. The van der Waals surface area contributed by atoms with E-state index in [2.05, 4.69) is 39.8 Å². The van der Waals surface area contributed by atoms with Crippen molar-refractivity contribution in [2.24, 2.45) is 0 Å². The van der Waals surface area contributed by atoms with Gasteiger partial charge in [0.05, 0.1) is 5.54 Å². The van der Waals surface area contributed by atoms with Crippen LogP contribution in [0.4, 0.5) is 4.79 Å². The van der Waals surface area contributed by atoms with Gasteiger partial charge in [0, 0.05) is 42.5 Å². The second-order valence-electron chi connectivity index (χ2n) is 6.63. The van der Waals surface area contributed by atoms with Crippen LogP contribution in [-0.2, 0) is 6.54 Å². The van der Waals surface area contributed by atoms with Crippen LogP contribution in [0.2, 0.25) is 0 Å². The molecule has 2 saturated heterocycles. The number of para-hydroxylation sites is 2. The Balaban J connectivity index is 1.44. The Morgan fingerprint density at radius 2 is 1.91 bits per heavy atom. The van der Waals surface area contributed by atoms with Crippen molar-refractivity contribution in [1.82, 2.24) is 15.5 Å². The van der Waals surface area contributed by atoms with Gasteiger partial charge in [0.1, 0.15) is 11.2 Å². The van der Waals surface area contributed by atoms with Gasteiger partial charge >= 0.3 is 6.03 Å². The number of carbonyl (C=O) groups excluding carboxylic acids is 1. The van der Waals surface area contributed by atoms with Crippen LogP contribution in [-0.4, -0.2) is 36.1 Å². The molecule has 2 aliphatic heterocycles. The van der Waals surface area contributed by atoms with Gasteiger partial charge in [0.15, 0.2) is 0 Å². The highest BCUT2D eigenvalue weighted by Crippen LogP contribution is 2.33. The predicted octanol–water partition coefficient (Wildman–Crippen LogP) is 2.45. The molecule has 23 heavy (non-hydrogen) atoms. The highest BCUT2D eigenvalue weighted by atomic mass is 16.3. The highest BCUT2D eigenvalue weighted by molar-refractivity contribution is 6.05. The Bertz CT molecular complexity index is 924. The number of hydrogen-bond donors (Lipinski definition) is 2. The number of fused-ring (bicyclic) bond motifs is 3. The lowest BCUT2D eigenvalue weighted by atomic mass is 9.90. The van der Waals surface area contributed by atoms with Gasteiger partial charge in [-0.2, -0.15) is 0 Å². The second kappa shape index (κ2) is 4.49. The van der Waals surface area contributed by atoms with E-state index in [9.17, 15) is 4.79 Å². The lowest BCUT2D eigenvalue weighted by molar-refractivity contribution is 0.0597. The van der Waals surface area contributed by atoms with E-state index in [1.54, 1.807) is 0 Å². The van der Waals surface area contributed by atoms with E-state index in [1.165, 1.54) is 10.9 Å². The minimum absolute atomic E-state index is 0.0518. The van der Waals surface area contributed by atoms with E-state index in [0.717, 1.165) is 42.7 Å². The van der Waals surface area contributed by atoms with E-state index in [0.29, 0.717) is 0 Å². The minimum atomic E-state index is -0.0706. The third-order valence-corrected chi connectivity index (χ3v) is 4.90. The number of urea groups is 1. The van der Waals surface area contributed by atoms with Gasteiger partial charge in [0.25, 0.3) is 0 Å². The summed E-state index contributed by atoms with van der Waals surface area (Å²) in [4.78, 5) is 13.7. The molecule has 3 heterocycles. The molecule has 3 aromatic rings. The first kappa shape index (κ1) is 13.0. The second-order valence-corrected chi connectivity index (χ2v) is 6.63. The number of hydrogen-bond acceptors (Lipinski definition) is 3. The molecular weight excluding hydrogens is 290 g/mol. The van der Waals surface area contributed by atoms with Gasteiger partial charge in [-0.25, -0.2) is 4.79 Å². The molecule has 2 N–H and O–H groups in total. The summed E-state index contributed by atoms with van der Waals surface area (Å²) in [5, 5.41) is 8.21. The van der Waals surface area contributed by atoms with Crippen molar-refractivity contribution in [3.05, 3.63) is 48.0 Å². The maximum absolute atomic E-state index is 11.3. The third-order valence-electron chi connectivity index (χ3n) is 4.90. The first-order chi connectivity index (χ1) is 11.2. The SMILES string of the molecule is O=C1NCC2(CN(Cc3cccc4c3oc3ccccc34)C2)N1. The Hall–Kier alpha value is -2.53. The monoisotopic (exact) mass is 307 g/mol. The summed E-state index contributed by atoms with van der Waals surface area (Å²) < 4.78 is 6.08. The van der Waals surface area contributed by atoms with Gasteiger partial charge in [0.2, 0.25) is 0 Å². The fraction of sp³-hybridized carbons (Fsp3) is 0.278. The molecule has 0 aliphatic carbocycles. The summed E-state index contributed by atoms with van der Waals surface area (Å²) in [6, 6.07) is 14.4. The summed E-state index contributed by atoms with van der Waals surface area (Å²) in [5.41, 5.74) is 3.04. The van der Waals surface area contributed by atoms with Crippen LogP contribution in [0.5, 0.6) is 0 Å². The zero-order valence-corrected chi connectivity index (χ0v) is 12.6. The zero-order chi connectivity index (χ0) is 15.4. The number of nitrogens with zero attached hydrogens (tertiary/aromatic N) is 1. The number of carbonyl (C=O) groups is 1. The normalized spacial score (nSPS) is 19.9. The fourth-order valence-electron chi connectivity index (χ4n) is 3.86. The number of rotatable bonds is 2. The zero-order valence-electron chi connectivity index (χ0n) is 12.6. The van der Waals surface area contributed by atoms with Gasteiger partial charge in [-0.15, -0.1) is 0 Å².